The second kappa shape index (κ2) is 5.39. The highest BCUT2D eigenvalue weighted by atomic mass is 16.5. The molecule has 2 N–H and O–H groups in total. The quantitative estimate of drug-likeness (QED) is 0.587. The lowest BCUT2D eigenvalue weighted by Gasteiger charge is -2.02. The summed E-state index contributed by atoms with van der Waals surface area (Å²) in [4.78, 5) is 29.3. The maximum absolute atomic E-state index is 11.6. The molecular formula is C10H13N5O3. The molecule has 0 atom stereocenters. The van der Waals surface area contributed by atoms with Crippen molar-refractivity contribution in [1.82, 2.24) is 25.4 Å². The zero-order chi connectivity index (χ0) is 13.0. The fraction of sp³-hybridized carbons (Fsp3) is 0.500. The largest absolute Gasteiger partial charge is 0.460 e. The molecule has 0 saturated heterocycles. The van der Waals surface area contributed by atoms with Crippen molar-refractivity contribution in [2.45, 2.75) is 26.2 Å². The van der Waals surface area contributed by atoms with Crippen molar-refractivity contribution in [2.75, 3.05) is 6.61 Å². The smallest absolute Gasteiger partial charge is 0.374 e. The molecular weight excluding hydrogens is 238 g/mol. The van der Waals surface area contributed by atoms with Gasteiger partial charge in [0.05, 0.1) is 6.61 Å². The number of fused-ring (bicyclic) bond motifs is 1. The standard InChI is InChI=1S/C10H13N5O3/c1-2-3-4-5-18-10(17)8-11-7-6(9(16)12-8)13-15-14-7/h2-5H2,1H3,(H2,11,12,13,14,15,16). The summed E-state index contributed by atoms with van der Waals surface area (Å²) >= 11 is 0. The molecule has 0 spiro atoms. The molecule has 0 aliphatic heterocycles. The van der Waals surface area contributed by atoms with Crippen LogP contribution in [0.3, 0.4) is 0 Å². The van der Waals surface area contributed by atoms with E-state index in [2.05, 4.69) is 32.3 Å². The first kappa shape index (κ1) is 12.2. The topological polar surface area (TPSA) is 114 Å². The van der Waals surface area contributed by atoms with Crippen LogP contribution in [0, 0.1) is 0 Å². The van der Waals surface area contributed by atoms with Gasteiger partial charge >= 0.3 is 5.97 Å². The minimum Gasteiger partial charge on any atom is -0.460 e. The lowest BCUT2D eigenvalue weighted by atomic mass is 10.3. The Bertz CT molecular complexity index is 603. The van der Waals surface area contributed by atoms with Crippen LogP contribution in [0.5, 0.6) is 0 Å². The highest BCUT2D eigenvalue weighted by Crippen LogP contribution is 2.01. The average molecular weight is 251 g/mol. The summed E-state index contributed by atoms with van der Waals surface area (Å²) in [5.74, 6) is -0.814. The second-order valence-corrected chi connectivity index (χ2v) is 3.75. The van der Waals surface area contributed by atoms with Gasteiger partial charge in [-0.25, -0.2) is 9.78 Å². The van der Waals surface area contributed by atoms with Gasteiger partial charge in [-0.1, -0.05) is 19.8 Å². The summed E-state index contributed by atoms with van der Waals surface area (Å²) < 4.78 is 4.98. The maximum atomic E-state index is 11.6. The van der Waals surface area contributed by atoms with E-state index < -0.39 is 11.5 Å². The molecule has 0 aliphatic rings. The van der Waals surface area contributed by atoms with E-state index in [-0.39, 0.29) is 17.0 Å². The van der Waals surface area contributed by atoms with Crippen LogP contribution in [-0.4, -0.2) is 38.0 Å². The van der Waals surface area contributed by atoms with Gasteiger partial charge in [0.25, 0.3) is 5.56 Å². The van der Waals surface area contributed by atoms with Crippen LogP contribution < -0.4 is 5.56 Å². The lowest BCUT2D eigenvalue weighted by Crippen LogP contribution is -2.18. The Morgan fingerprint density at radius 1 is 1.33 bits per heavy atom. The van der Waals surface area contributed by atoms with E-state index in [4.69, 9.17) is 4.74 Å². The van der Waals surface area contributed by atoms with Gasteiger partial charge in [0.1, 0.15) is 0 Å². The van der Waals surface area contributed by atoms with Gasteiger partial charge in [-0.2, -0.15) is 5.21 Å². The van der Waals surface area contributed by atoms with E-state index in [1.165, 1.54) is 0 Å². The number of H-pyrrole nitrogens is 2. The number of unbranched alkanes of at least 4 members (excludes halogenated alkanes) is 2. The fourth-order valence-corrected chi connectivity index (χ4v) is 1.44. The molecule has 18 heavy (non-hydrogen) atoms. The number of esters is 1. The van der Waals surface area contributed by atoms with Gasteiger partial charge in [0.2, 0.25) is 11.5 Å². The summed E-state index contributed by atoms with van der Waals surface area (Å²) in [6.45, 7) is 2.37. The summed E-state index contributed by atoms with van der Waals surface area (Å²) in [7, 11) is 0. The molecule has 0 amide bonds. The van der Waals surface area contributed by atoms with Crippen LogP contribution in [0.4, 0.5) is 0 Å². The van der Waals surface area contributed by atoms with Crippen LogP contribution in [-0.2, 0) is 4.74 Å². The molecule has 0 fully saturated rings. The molecule has 0 unspecified atom stereocenters. The summed E-state index contributed by atoms with van der Waals surface area (Å²) in [5.41, 5.74) is -0.356. The Morgan fingerprint density at radius 2 is 2.17 bits per heavy atom. The zero-order valence-corrected chi connectivity index (χ0v) is 9.89. The van der Waals surface area contributed by atoms with Gasteiger partial charge in [-0.15, -0.1) is 10.2 Å². The number of nitrogens with zero attached hydrogens (tertiary/aromatic N) is 3. The summed E-state index contributed by atoms with van der Waals surface area (Å²) in [5, 5.41) is 9.54. The van der Waals surface area contributed by atoms with Gasteiger partial charge in [0, 0.05) is 0 Å². The second-order valence-electron chi connectivity index (χ2n) is 3.75. The van der Waals surface area contributed by atoms with Crippen LogP contribution in [0.1, 0.15) is 36.8 Å². The number of ether oxygens (including phenoxy) is 1. The first-order valence-corrected chi connectivity index (χ1v) is 5.70. The molecule has 2 heterocycles. The molecule has 2 aromatic heterocycles. The zero-order valence-electron chi connectivity index (χ0n) is 9.89. The third-order valence-corrected chi connectivity index (χ3v) is 2.37. The Kier molecular flexibility index (Phi) is 3.66. The Labute approximate surface area is 102 Å². The van der Waals surface area contributed by atoms with E-state index in [1.807, 2.05) is 0 Å². The Hall–Kier alpha value is -2.25. The predicted octanol–water partition coefficient (Wildman–Crippen LogP) is 0.388. The predicted molar refractivity (Wildman–Crippen MR) is 62.1 cm³/mol. The molecule has 0 aromatic carbocycles. The lowest BCUT2D eigenvalue weighted by molar-refractivity contribution is 0.0484. The number of rotatable bonds is 5. The SMILES string of the molecule is CCCCCOC(=O)c1nc2n[nH]nc2c(=O)[nH]1. The van der Waals surface area contributed by atoms with Crippen molar-refractivity contribution in [3.63, 3.8) is 0 Å². The minimum absolute atomic E-state index is 0.0672. The van der Waals surface area contributed by atoms with Gasteiger partial charge < -0.3 is 4.74 Å². The van der Waals surface area contributed by atoms with E-state index in [1.54, 1.807) is 0 Å². The van der Waals surface area contributed by atoms with Crippen LogP contribution in [0.15, 0.2) is 4.79 Å². The van der Waals surface area contributed by atoms with Crippen molar-refractivity contribution in [3.05, 3.63) is 16.2 Å². The van der Waals surface area contributed by atoms with E-state index in [0.29, 0.717) is 6.61 Å². The third-order valence-electron chi connectivity index (χ3n) is 2.37. The molecule has 8 nitrogen and oxygen atoms in total. The third kappa shape index (κ3) is 2.53. The molecule has 0 saturated carbocycles. The average Bonchev–Trinajstić information content (AvgIpc) is 2.83. The number of aromatic amines is 2. The number of nitrogens with one attached hydrogen (secondary N) is 2. The fourth-order valence-electron chi connectivity index (χ4n) is 1.44. The first-order chi connectivity index (χ1) is 8.72. The first-order valence-electron chi connectivity index (χ1n) is 5.70. The van der Waals surface area contributed by atoms with Crippen LogP contribution in [0.25, 0.3) is 11.2 Å². The van der Waals surface area contributed by atoms with Gasteiger partial charge in [-0.05, 0) is 6.42 Å². The molecule has 0 bridgehead atoms. The Morgan fingerprint density at radius 3 is 2.94 bits per heavy atom. The van der Waals surface area contributed by atoms with Crippen molar-refractivity contribution in [3.8, 4) is 0 Å². The van der Waals surface area contributed by atoms with Crippen LogP contribution in [0.2, 0.25) is 0 Å². The van der Waals surface area contributed by atoms with Crippen molar-refractivity contribution >= 4 is 17.1 Å². The van der Waals surface area contributed by atoms with Gasteiger partial charge in [0.15, 0.2) is 5.52 Å². The van der Waals surface area contributed by atoms with Crippen molar-refractivity contribution in [1.29, 1.82) is 0 Å². The molecule has 2 aromatic rings. The molecule has 8 heteroatoms. The van der Waals surface area contributed by atoms with Crippen molar-refractivity contribution in [2.24, 2.45) is 0 Å². The maximum Gasteiger partial charge on any atom is 0.374 e. The van der Waals surface area contributed by atoms with Crippen molar-refractivity contribution < 1.29 is 9.53 Å². The Balaban J connectivity index is 2.10. The minimum atomic E-state index is -0.659. The number of hydrogen-bond donors (Lipinski definition) is 2. The number of carbonyl (C=O) groups excluding carboxylic acids is 1. The molecule has 0 aliphatic carbocycles. The van der Waals surface area contributed by atoms with Gasteiger partial charge in [-0.3, -0.25) is 9.78 Å². The monoisotopic (exact) mass is 251 g/mol. The highest BCUT2D eigenvalue weighted by molar-refractivity contribution is 5.86. The summed E-state index contributed by atoms with van der Waals surface area (Å²) in [6.07, 6.45) is 2.82. The molecule has 0 radical (unpaired) electrons. The number of hydrogen-bond acceptors (Lipinski definition) is 6. The highest BCUT2D eigenvalue weighted by Gasteiger charge is 2.14. The van der Waals surface area contributed by atoms with E-state index in [0.717, 1.165) is 19.3 Å². The van der Waals surface area contributed by atoms with E-state index >= 15 is 0 Å². The van der Waals surface area contributed by atoms with Crippen LogP contribution >= 0.6 is 0 Å². The number of carbonyl (C=O) groups is 1. The normalized spacial score (nSPS) is 10.7. The molecule has 96 valence electrons. The molecule has 2 rings (SSSR count). The number of aromatic nitrogens is 5. The summed E-state index contributed by atoms with van der Waals surface area (Å²) in [6, 6.07) is 0. The van der Waals surface area contributed by atoms with E-state index in [9.17, 15) is 9.59 Å².